The van der Waals surface area contributed by atoms with E-state index in [1.807, 2.05) is 4.57 Å². The normalized spacial score (nSPS) is 13.3. The van der Waals surface area contributed by atoms with Crippen molar-refractivity contribution in [2.24, 2.45) is 0 Å². The molecular weight excluding hydrogens is 324 g/mol. The molecule has 1 N–H and O–H groups in total. The van der Waals surface area contributed by atoms with Crippen molar-refractivity contribution in [1.29, 1.82) is 0 Å². The van der Waals surface area contributed by atoms with Gasteiger partial charge in [0.05, 0.1) is 0 Å². The molecule has 0 amide bonds. The van der Waals surface area contributed by atoms with E-state index in [0.717, 1.165) is 30.3 Å². The topological polar surface area (TPSA) is 59.8 Å². The van der Waals surface area contributed by atoms with E-state index in [0.29, 0.717) is 11.6 Å². The van der Waals surface area contributed by atoms with E-state index in [9.17, 15) is 4.79 Å². The number of benzene rings is 1. The minimum atomic E-state index is -0.00613. The standard InChI is InChI=1S/C21H24N4O/c1-3-18(4-2)25-19(26)11-9-16-13-22-21(24-20(16)25)23-17-10-8-14-6-5-7-15(14)12-17/h8-13,18H,3-7H2,1-2H3,(H,22,23,24). The largest absolute Gasteiger partial charge is 0.324 e. The zero-order valence-electron chi connectivity index (χ0n) is 15.3. The minimum absolute atomic E-state index is 0.00613. The zero-order chi connectivity index (χ0) is 18.1. The summed E-state index contributed by atoms with van der Waals surface area (Å²) in [5.41, 5.74) is 4.54. The summed E-state index contributed by atoms with van der Waals surface area (Å²) < 4.78 is 1.81. The first-order chi connectivity index (χ1) is 12.7. The fourth-order valence-corrected chi connectivity index (χ4v) is 3.88. The van der Waals surface area contributed by atoms with Gasteiger partial charge in [-0.3, -0.25) is 9.36 Å². The summed E-state index contributed by atoms with van der Waals surface area (Å²) in [5.74, 6) is 0.528. The van der Waals surface area contributed by atoms with Crippen molar-refractivity contribution >= 4 is 22.7 Å². The van der Waals surface area contributed by atoms with E-state index in [4.69, 9.17) is 0 Å². The summed E-state index contributed by atoms with van der Waals surface area (Å²) >= 11 is 0. The van der Waals surface area contributed by atoms with Gasteiger partial charge in [0.25, 0.3) is 5.56 Å². The van der Waals surface area contributed by atoms with Gasteiger partial charge < -0.3 is 5.32 Å². The van der Waals surface area contributed by atoms with Crippen molar-refractivity contribution in [3.05, 3.63) is 58.0 Å². The third-order valence-corrected chi connectivity index (χ3v) is 5.33. The molecule has 3 aromatic rings. The smallest absolute Gasteiger partial charge is 0.252 e. The molecule has 0 fully saturated rings. The molecule has 4 rings (SSSR count). The van der Waals surface area contributed by atoms with E-state index in [1.165, 1.54) is 24.0 Å². The van der Waals surface area contributed by atoms with Crippen LogP contribution in [0.25, 0.3) is 11.0 Å². The quantitative estimate of drug-likeness (QED) is 0.743. The number of hydrogen-bond donors (Lipinski definition) is 1. The SMILES string of the molecule is CCC(CC)n1c(=O)ccc2cnc(Nc3ccc4c(c3)CCC4)nc21. The Morgan fingerprint density at radius 3 is 2.73 bits per heavy atom. The second-order valence-electron chi connectivity index (χ2n) is 6.95. The van der Waals surface area contributed by atoms with Crippen LogP contribution in [0.5, 0.6) is 0 Å². The van der Waals surface area contributed by atoms with Crippen molar-refractivity contribution in [2.75, 3.05) is 5.32 Å². The molecule has 0 bridgehead atoms. The van der Waals surface area contributed by atoms with Crippen LogP contribution < -0.4 is 10.9 Å². The number of anilines is 2. The maximum Gasteiger partial charge on any atom is 0.252 e. The van der Waals surface area contributed by atoms with Crippen LogP contribution >= 0.6 is 0 Å². The first-order valence-corrected chi connectivity index (χ1v) is 9.46. The lowest BCUT2D eigenvalue weighted by Gasteiger charge is -2.18. The van der Waals surface area contributed by atoms with Gasteiger partial charge in [0.2, 0.25) is 5.95 Å². The number of fused-ring (bicyclic) bond motifs is 2. The molecule has 1 aliphatic carbocycles. The molecule has 0 atom stereocenters. The molecule has 0 saturated carbocycles. The van der Waals surface area contributed by atoms with Gasteiger partial charge in [0, 0.05) is 29.4 Å². The number of hydrogen-bond acceptors (Lipinski definition) is 4. The van der Waals surface area contributed by atoms with Gasteiger partial charge in [-0.2, -0.15) is 4.98 Å². The molecule has 0 unspecified atom stereocenters. The van der Waals surface area contributed by atoms with Gasteiger partial charge in [0.15, 0.2) is 0 Å². The van der Waals surface area contributed by atoms with Crippen LogP contribution in [-0.4, -0.2) is 14.5 Å². The van der Waals surface area contributed by atoms with Crippen molar-refractivity contribution in [3.8, 4) is 0 Å². The Labute approximate surface area is 153 Å². The Hall–Kier alpha value is -2.69. The minimum Gasteiger partial charge on any atom is -0.324 e. The Kier molecular flexibility index (Phi) is 4.45. The van der Waals surface area contributed by atoms with Gasteiger partial charge in [-0.25, -0.2) is 4.98 Å². The molecule has 0 aliphatic heterocycles. The summed E-state index contributed by atoms with van der Waals surface area (Å²) in [6.07, 6.45) is 7.12. The van der Waals surface area contributed by atoms with Crippen LogP contribution in [0.15, 0.2) is 41.3 Å². The van der Waals surface area contributed by atoms with Crippen LogP contribution in [0.1, 0.15) is 50.3 Å². The molecule has 5 nitrogen and oxygen atoms in total. The number of aromatic nitrogens is 3. The van der Waals surface area contributed by atoms with Gasteiger partial charge in [-0.1, -0.05) is 19.9 Å². The van der Waals surface area contributed by atoms with Crippen LogP contribution in [0.2, 0.25) is 0 Å². The Bertz CT molecular complexity index is 1000. The van der Waals surface area contributed by atoms with Gasteiger partial charge in [0.1, 0.15) is 5.65 Å². The highest BCUT2D eigenvalue weighted by Crippen LogP contribution is 2.26. The first kappa shape index (κ1) is 16.8. The van der Waals surface area contributed by atoms with E-state index < -0.39 is 0 Å². The average Bonchev–Trinajstić information content (AvgIpc) is 3.12. The second-order valence-corrected chi connectivity index (χ2v) is 6.95. The van der Waals surface area contributed by atoms with E-state index in [2.05, 4.69) is 47.3 Å². The average molecular weight is 348 g/mol. The Balaban J connectivity index is 1.75. The predicted molar refractivity (Wildman–Crippen MR) is 105 cm³/mol. The number of rotatable bonds is 5. The van der Waals surface area contributed by atoms with E-state index in [1.54, 1.807) is 18.3 Å². The van der Waals surface area contributed by atoms with Crippen molar-refractivity contribution in [1.82, 2.24) is 14.5 Å². The highest BCUT2D eigenvalue weighted by Gasteiger charge is 2.15. The summed E-state index contributed by atoms with van der Waals surface area (Å²) in [7, 11) is 0. The highest BCUT2D eigenvalue weighted by atomic mass is 16.1. The fraction of sp³-hybridized carbons (Fsp3) is 0.381. The predicted octanol–water partition coefficient (Wildman–Crippen LogP) is 4.38. The lowest BCUT2D eigenvalue weighted by molar-refractivity contribution is 0.470. The maximum atomic E-state index is 12.5. The third kappa shape index (κ3) is 2.98. The molecule has 0 spiro atoms. The Morgan fingerprint density at radius 2 is 1.92 bits per heavy atom. The van der Waals surface area contributed by atoms with Crippen LogP contribution in [-0.2, 0) is 12.8 Å². The van der Waals surface area contributed by atoms with Crippen molar-refractivity contribution in [2.45, 2.75) is 52.0 Å². The number of nitrogens with zero attached hydrogens (tertiary/aromatic N) is 3. The molecule has 1 aliphatic rings. The summed E-state index contributed by atoms with van der Waals surface area (Å²) in [6.45, 7) is 4.20. The lowest BCUT2D eigenvalue weighted by Crippen LogP contribution is -2.24. The van der Waals surface area contributed by atoms with Crippen molar-refractivity contribution in [3.63, 3.8) is 0 Å². The van der Waals surface area contributed by atoms with E-state index in [-0.39, 0.29) is 11.6 Å². The molecule has 1 aromatic carbocycles. The first-order valence-electron chi connectivity index (χ1n) is 9.46. The molecule has 0 saturated heterocycles. The monoisotopic (exact) mass is 348 g/mol. The zero-order valence-corrected chi connectivity index (χ0v) is 15.3. The van der Waals surface area contributed by atoms with Crippen LogP contribution in [0.4, 0.5) is 11.6 Å². The summed E-state index contributed by atoms with van der Waals surface area (Å²) in [4.78, 5) is 21.6. The maximum absolute atomic E-state index is 12.5. The summed E-state index contributed by atoms with van der Waals surface area (Å²) in [6, 6.07) is 10.0. The molecule has 2 aromatic heterocycles. The number of aryl methyl sites for hydroxylation is 2. The molecular formula is C21H24N4O. The van der Waals surface area contributed by atoms with Gasteiger partial charge >= 0.3 is 0 Å². The third-order valence-electron chi connectivity index (χ3n) is 5.33. The molecule has 2 heterocycles. The lowest BCUT2D eigenvalue weighted by atomic mass is 10.1. The van der Waals surface area contributed by atoms with Crippen LogP contribution in [0.3, 0.4) is 0 Å². The van der Waals surface area contributed by atoms with Gasteiger partial charge in [-0.15, -0.1) is 0 Å². The highest BCUT2D eigenvalue weighted by molar-refractivity contribution is 5.76. The number of pyridine rings is 1. The molecule has 0 radical (unpaired) electrons. The molecule has 5 heteroatoms. The Morgan fingerprint density at radius 1 is 1.12 bits per heavy atom. The van der Waals surface area contributed by atoms with Crippen LogP contribution in [0, 0.1) is 0 Å². The fourth-order valence-electron chi connectivity index (χ4n) is 3.88. The summed E-state index contributed by atoms with van der Waals surface area (Å²) in [5, 5.41) is 4.19. The number of nitrogens with one attached hydrogen (secondary N) is 1. The van der Waals surface area contributed by atoms with E-state index >= 15 is 0 Å². The van der Waals surface area contributed by atoms with Gasteiger partial charge in [-0.05, 0) is 61.4 Å². The molecule has 26 heavy (non-hydrogen) atoms. The van der Waals surface area contributed by atoms with Crippen molar-refractivity contribution < 1.29 is 0 Å². The second kappa shape index (κ2) is 6.90. The molecule has 134 valence electrons.